The number of para-hydroxylation sites is 2. The van der Waals surface area contributed by atoms with Gasteiger partial charge in [-0.1, -0.05) is 26.0 Å². The first kappa shape index (κ1) is 16.5. The van der Waals surface area contributed by atoms with Gasteiger partial charge in [0.15, 0.2) is 0 Å². The van der Waals surface area contributed by atoms with Gasteiger partial charge in [-0.15, -0.1) is 0 Å². The second-order valence-corrected chi connectivity index (χ2v) is 7.16. The molecule has 1 atom stereocenters. The topological polar surface area (TPSA) is 67.6 Å². The number of carbonyl (C=O) groups excluding carboxylic acids is 1. The van der Waals surface area contributed by atoms with E-state index < -0.39 is 5.60 Å². The number of amides is 1. The zero-order valence-corrected chi connectivity index (χ0v) is 14.5. The largest absolute Gasteiger partial charge is 0.494 e. The number of nitrogens with zero attached hydrogens (tertiary/aromatic N) is 3. The number of β-amino-alcohol motifs (C(OH)–C–C–N with tert-alkyl or cyclic N) is 1. The summed E-state index contributed by atoms with van der Waals surface area (Å²) in [4.78, 5) is 14.4. The lowest BCUT2D eigenvalue weighted by Crippen LogP contribution is -2.40. The Morgan fingerprint density at radius 3 is 2.58 bits per heavy atom. The Morgan fingerprint density at radius 2 is 1.96 bits per heavy atom. The van der Waals surface area contributed by atoms with E-state index in [9.17, 15) is 9.90 Å². The summed E-state index contributed by atoms with van der Waals surface area (Å²) in [6, 6.07) is 7.50. The van der Waals surface area contributed by atoms with Gasteiger partial charge in [-0.05, 0) is 19.1 Å². The van der Waals surface area contributed by atoms with Gasteiger partial charge in [0, 0.05) is 18.2 Å². The number of benzene rings is 1. The van der Waals surface area contributed by atoms with Crippen LogP contribution in [0.4, 0.5) is 0 Å². The highest BCUT2D eigenvalue weighted by Gasteiger charge is 2.49. The van der Waals surface area contributed by atoms with Crippen molar-refractivity contribution in [1.29, 1.82) is 0 Å². The van der Waals surface area contributed by atoms with Gasteiger partial charge in [0.25, 0.3) is 5.91 Å². The van der Waals surface area contributed by atoms with Crippen LogP contribution in [0.2, 0.25) is 0 Å². The first-order valence-corrected chi connectivity index (χ1v) is 7.95. The van der Waals surface area contributed by atoms with Crippen molar-refractivity contribution in [3.05, 3.63) is 42.2 Å². The van der Waals surface area contributed by atoms with E-state index in [1.54, 1.807) is 36.0 Å². The average molecular weight is 329 g/mol. The van der Waals surface area contributed by atoms with Crippen molar-refractivity contribution in [1.82, 2.24) is 14.7 Å². The molecule has 0 spiro atoms. The number of hydrogen-bond donors (Lipinski definition) is 1. The maximum atomic E-state index is 12.8. The van der Waals surface area contributed by atoms with Crippen molar-refractivity contribution in [2.45, 2.75) is 26.4 Å². The number of ether oxygens (including phenoxy) is 1. The first-order valence-electron chi connectivity index (χ1n) is 7.95. The lowest BCUT2D eigenvalue weighted by Gasteiger charge is -2.30. The Morgan fingerprint density at radius 1 is 1.25 bits per heavy atom. The van der Waals surface area contributed by atoms with E-state index in [1.165, 1.54) is 0 Å². The van der Waals surface area contributed by atoms with E-state index in [0.29, 0.717) is 24.4 Å². The third-order valence-corrected chi connectivity index (χ3v) is 4.99. The van der Waals surface area contributed by atoms with Crippen LogP contribution < -0.4 is 4.74 Å². The third kappa shape index (κ3) is 2.67. The zero-order valence-electron chi connectivity index (χ0n) is 14.5. The molecule has 0 bridgehead atoms. The van der Waals surface area contributed by atoms with Crippen molar-refractivity contribution in [3.63, 3.8) is 0 Å². The summed E-state index contributed by atoms with van der Waals surface area (Å²) < 4.78 is 6.97. The zero-order chi connectivity index (χ0) is 17.5. The van der Waals surface area contributed by atoms with Gasteiger partial charge in [0.1, 0.15) is 11.4 Å². The molecule has 6 nitrogen and oxygen atoms in total. The molecule has 0 aliphatic carbocycles. The summed E-state index contributed by atoms with van der Waals surface area (Å²) in [7, 11) is 1.60. The standard InChI is InChI=1S/C18H23N3O3/c1-17(2)11-20(12-18(17,3)23)16(22)13-9-19-21(10-13)14-7-5-6-8-15(14)24-4/h5-10,23H,11-12H2,1-4H3/t18-/m1/s1. The Labute approximate surface area is 141 Å². The molecule has 128 valence electrons. The monoisotopic (exact) mass is 329 g/mol. The lowest BCUT2D eigenvalue weighted by molar-refractivity contribution is -0.0108. The highest BCUT2D eigenvalue weighted by molar-refractivity contribution is 5.94. The molecule has 2 heterocycles. The normalized spacial score (nSPS) is 22.6. The molecule has 0 radical (unpaired) electrons. The molecule has 1 fully saturated rings. The average Bonchev–Trinajstić information content (AvgIpc) is 3.09. The number of hydrogen-bond acceptors (Lipinski definition) is 4. The second-order valence-electron chi connectivity index (χ2n) is 7.16. The van der Waals surface area contributed by atoms with Crippen LogP contribution in [0, 0.1) is 5.41 Å². The van der Waals surface area contributed by atoms with Gasteiger partial charge >= 0.3 is 0 Å². The lowest BCUT2D eigenvalue weighted by atomic mass is 9.79. The summed E-state index contributed by atoms with van der Waals surface area (Å²) >= 11 is 0. The maximum absolute atomic E-state index is 12.8. The van der Waals surface area contributed by atoms with Crippen molar-refractivity contribution < 1.29 is 14.6 Å². The highest BCUT2D eigenvalue weighted by Crippen LogP contribution is 2.38. The summed E-state index contributed by atoms with van der Waals surface area (Å²) in [5.41, 5.74) is 0.0185. The second kappa shape index (κ2) is 5.63. The third-order valence-electron chi connectivity index (χ3n) is 4.99. The summed E-state index contributed by atoms with van der Waals surface area (Å²) in [6.45, 7) is 6.55. The van der Waals surface area contributed by atoms with Crippen LogP contribution in [0.5, 0.6) is 5.75 Å². The van der Waals surface area contributed by atoms with Crippen LogP contribution in [-0.4, -0.2) is 51.5 Å². The molecule has 6 heteroatoms. The molecule has 1 aromatic heterocycles. The molecule has 24 heavy (non-hydrogen) atoms. The van der Waals surface area contributed by atoms with Crippen molar-refractivity contribution in [3.8, 4) is 11.4 Å². The number of likely N-dealkylation sites (tertiary alicyclic amines) is 1. The minimum absolute atomic E-state index is 0.123. The SMILES string of the molecule is COc1ccccc1-n1cc(C(=O)N2CC(C)(C)[C@](C)(O)C2)cn1. The Kier molecular flexibility index (Phi) is 3.87. The van der Waals surface area contributed by atoms with Crippen LogP contribution in [0.15, 0.2) is 36.7 Å². The van der Waals surface area contributed by atoms with E-state index in [-0.39, 0.29) is 11.3 Å². The van der Waals surface area contributed by atoms with Crippen molar-refractivity contribution in [2.75, 3.05) is 20.2 Å². The molecule has 0 saturated carbocycles. The fraction of sp³-hybridized carbons (Fsp3) is 0.444. The predicted molar refractivity (Wildman–Crippen MR) is 90.4 cm³/mol. The number of carbonyl (C=O) groups is 1. The molecule has 0 unspecified atom stereocenters. The molecule has 1 saturated heterocycles. The van der Waals surface area contributed by atoms with Gasteiger partial charge in [0.2, 0.25) is 0 Å². The van der Waals surface area contributed by atoms with E-state index >= 15 is 0 Å². The van der Waals surface area contributed by atoms with Gasteiger partial charge in [-0.2, -0.15) is 5.10 Å². The molecular formula is C18H23N3O3. The number of aliphatic hydroxyl groups is 1. The minimum Gasteiger partial charge on any atom is -0.494 e. The van der Waals surface area contributed by atoms with E-state index in [0.717, 1.165) is 5.69 Å². The Balaban J connectivity index is 1.85. The van der Waals surface area contributed by atoms with Crippen molar-refractivity contribution >= 4 is 5.91 Å². The van der Waals surface area contributed by atoms with Gasteiger partial charge in [0.05, 0.1) is 31.0 Å². The molecule has 1 aromatic carbocycles. The number of aromatic nitrogens is 2. The van der Waals surface area contributed by atoms with Crippen LogP contribution in [0.3, 0.4) is 0 Å². The summed E-state index contributed by atoms with van der Waals surface area (Å²) in [5.74, 6) is 0.562. The molecule has 1 N–H and O–H groups in total. The Hall–Kier alpha value is -2.34. The smallest absolute Gasteiger partial charge is 0.257 e. The van der Waals surface area contributed by atoms with E-state index in [4.69, 9.17) is 4.74 Å². The van der Waals surface area contributed by atoms with Crippen LogP contribution in [0.1, 0.15) is 31.1 Å². The van der Waals surface area contributed by atoms with Crippen LogP contribution >= 0.6 is 0 Å². The fourth-order valence-corrected chi connectivity index (χ4v) is 3.00. The minimum atomic E-state index is -0.901. The molecular weight excluding hydrogens is 306 g/mol. The van der Waals surface area contributed by atoms with Gasteiger partial charge in [-0.3, -0.25) is 4.79 Å². The number of methoxy groups -OCH3 is 1. The molecule has 1 amide bonds. The van der Waals surface area contributed by atoms with Crippen molar-refractivity contribution in [2.24, 2.45) is 5.41 Å². The molecule has 1 aliphatic rings. The van der Waals surface area contributed by atoms with E-state index in [1.807, 2.05) is 38.1 Å². The van der Waals surface area contributed by atoms with E-state index in [2.05, 4.69) is 5.10 Å². The quantitative estimate of drug-likeness (QED) is 0.936. The van der Waals surface area contributed by atoms with Gasteiger partial charge < -0.3 is 14.7 Å². The summed E-state index contributed by atoms with van der Waals surface area (Å²) in [5, 5.41) is 14.8. The first-order chi connectivity index (χ1) is 11.2. The molecule has 3 rings (SSSR count). The Bertz CT molecular complexity index is 748. The highest BCUT2D eigenvalue weighted by atomic mass is 16.5. The van der Waals surface area contributed by atoms with Crippen LogP contribution in [0.25, 0.3) is 5.69 Å². The summed E-state index contributed by atoms with van der Waals surface area (Å²) in [6.07, 6.45) is 3.25. The maximum Gasteiger partial charge on any atom is 0.257 e. The van der Waals surface area contributed by atoms with Crippen LogP contribution in [-0.2, 0) is 0 Å². The predicted octanol–water partition coefficient (Wildman–Crippen LogP) is 2.11. The fourth-order valence-electron chi connectivity index (χ4n) is 3.00. The molecule has 1 aliphatic heterocycles. The molecule has 2 aromatic rings. The van der Waals surface area contributed by atoms with Gasteiger partial charge in [-0.25, -0.2) is 4.68 Å². The number of rotatable bonds is 3.